The van der Waals surface area contributed by atoms with Crippen molar-refractivity contribution in [2.45, 2.75) is 27.7 Å². The van der Waals surface area contributed by atoms with Crippen LogP contribution in [-0.2, 0) is 13.1 Å². The Bertz CT molecular complexity index is 227. The average Bonchev–Trinajstić information content (AvgIpc) is 2.08. The maximum Gasteiger partial charge on any atom is 0.0203 e. The third kappa shape index (κ3) is 2.30. The third-order valence-corrected chi connectivity index (χ3v) is 13.1. The second-order valence-electron chi connectivity index (χ2n) is 3.75. The minimum absolute atomic E-state index is 0. The molecule has 0 aliphatic heterocycles. The largest absolute Gasteiger partial charge is 0.0679 e. The van der Waals surface area contributed by atoms with Crippen molar-refractivity contribution < 1.29 is 0 Å². The minimum Gasteiger partial charge on any atom is -0.0679 e. The Balaban J connectivity index is 0.00000144. The minimum atomic E-state index is -0.155. The Kier molecular flexibility index (Phi) is 5.03. The fraction of sp³-hybridized carbons (Fsp3) is 0.600. The molecule has 0 aliphatic rings. The summed E-state index contributed by atoms with van der Waals surface area (Å²) >= 11 is 0. The van der Waals surface area contributed by atoms with E-state index < -0.39 is 0 Å². The molecule has 0 aromatic carbocycles. The van der Waals surface area contributed by atoms with Crippen LogP contribution in [0.4, 0.5) is 0 Å². The number of hydrogen-bond acceptors (Lipinski definition) is 0. The predicted molar refractivity (Wildman–Crippen MR) is 65.0 cm³/mol. The maximum atomic E-state index is 2.48. The molecule has 1 aromatic heterocycles. The molecule has 0 aliphatic carbocycles. The summed E-state index contributed by atoms with van der Waals surface area (Å²) in [6.07, 6.45) is 0. The Labute approximate surface area is 96.8 Å². The fourth-order valence-corrected chi connectivity index (χ4v) is 8.81. The average molecular weight is 201 g/mol. The molecular formula is C10H18LiSi2. The van der Waals surface area contributed by atoms with Gasteiger partial charge >= 0.3 is 0 Å². The van der Waals surface area contributed by atoms with Crippen LogP contribution in [-0.4, -0.2) is 34.7 Å². The van der Waals surface area contributed by atoms with Crippen LogP contribution >= 0.6 is 0 Å². The molecule has 0 atom stereocenters. The summed E-state index contributed by atoms with van der Waals surface area (Å²) < 4.78 is 0. The Morgan fingerprint density at radius 3 is 1.15 bits per heavy atom. The van der Waals surface area contributed by atoms with Crippen molar-refractivity contribution in [3.63, 3.8) is 0 Å². The van der Waals surface area contributed by atoms with E-state index in [0.717, 1.165) is 0 Å². The van der Waals surface area contributed by atoms with Crippen LogP contribution in [0.2, 0.25) is 0 Å². The summed E-state index contributed by atoms with van der Waals surface area (Å²) in [4.78, 5) is 0. The zero-order chi connectivity index (χ0) is 9.46. The molecule has 1 heterocycles. The van der Waals surface area contributed by atoms with Crippen molar-refractivity contribution in [3.05, 3.63) is 21.5 Å². The van der Waals surface area contributed by atoms with E-state index in [-0.39, 0.29) is 34.7 Å². The molecule has 0 fully saturated rings. The molecule has 0 N–H and O–H groups in total. The predicted octanol–water partition coefficient (Wildman–Crippen LogP) is 1.66. The first-order valence-electron chi connectivity index (χ1n) is 4.50. The van der Waals surface area contributed by atoms with Gasteiger partial charge in [0.25, 0.3) is 0 Å². The topological polar surface area (TPSA) is 0 Å². The molecule has 1 rings (SSSR count). The van der Waals surface area contributed by atoms with Gasteiger partial charge in [-0.3, -0.25) is 0 Å². The SMILES string of the molecule is Cc1c(C)c(C)[si](C)[si](C)c1C.[Li]. The third-order valence-electron chi connectivity index (χ3n) is 3.38. The van der Waals surface area contributed by atoms with Crippen LogP contribution in [0, 0.1) is 27.7 Å². The van der Waals surface area contributed by atoms with Gasteiger partial charge in [0.15, 0.2) is 0 Å². The monoisotopic (exact) mass is 201 g/mol. The van der Waals surface area contributed by atoms with E-state index in [9.17, 15) is 0 Å². The van der Waals surface area contributed by atoms with Crippen molar-refractivity contribution in [2.75, 3.05) is 0 Å². The first kappa shape index (κ1) is 13.5. The summed E-state index contributed by atoms with van der Waals surface area (Å²) in [5.41, 5.74) is 3.17. The number of hydrogen-bond donors (Lipinski definition) is 0. The quantitative estimate of drug-likeness (QED) is 0.560. The molecule has 0 saturated carbocycles. The van der Waals surface area contributed by atoms with E-state index in [0.29, 0.717) is 0 Å². The van der Waals surface area contributed by atoms with Crippen LogP contribution in [0.3, 0.4) is 0 Å². The van der Waals surface area contributed by atoms with E-state index in [1.807, 2.05) is 0 Å². The summed E-state index contributed by atoms with van der Waals surface area (Å²) in [6.45, 7) is 14.2. The summed E-state index contributed by atoms with van der Waals surface area (Å²) in [5.74, 6) is 0. The number of rotatable bonds is 0. The van der Waals surface area contributed by atoms with Crippen LogP contribution in [0.25, 0.3) is 0 Å². The summed E-state index contributed by atoms with van der Waals surface area (Å²) in [7, 11) is -0.309. The fourth-order valence-electron chi connectivity index (χ4n) is 1.69. The van der Waals surface area contributed by atoms with Crippen LogP contribution < -0.4 is 0 Å². The molecule has 13 heavy (non-hydrogen) atoms. The zero-order valence-electron chi connectivity index (χ0n) is 10.0. The molecule has 0 amide bonds. The zero-order valence-corrected chi connectivity index (χ0v) is 12.0. The molecule has 1 aromatic rings. The van der Waals surface area contributed by atoms with Gasteiger partial charge in [-0.25, -0.2) is 0 Å². The molecule has 67 valence electrons. The smallest absolute Gasteiger partial charge is 0.0203 e. The molecule has 0 unspecified atom stereocenters. The maximum absolute atomic E-state index is 2.48. The summed E-state index contributed by atoms with van der Waals surface area (Å²) in [5, 5.41) is 3.44. The van der Waals surface area contributed by atoms with Gasteiger partial charge in [-0.05, 0) is 27.7 Å². The van der Waals surface area contributed by atoms with Crippen molar-refractivity contribution in [3.8, 4) is 0 Å². The van der Waals surface area contributed by atoms with E-state index >= 15 is 0 Å². The molecule has 1 radical (unpaired) electrons. The van der Waals surface area contributed by atoms with Gasteiger partial charge in [0.05, 0.1) is 0 Å². The first-order valence-corrected chi connectivity index (χ1v) is 9.50. The Hall–Kier alpha value is 0.511. The molecule has 3 heteroatoms. The van der Waals surface area contributed by atoms with Gasteiger partial charge in [0.1, 0.15) is 0 Å². The van der Waals surface area contributed by atoms with E-state index in [1.165, 1.54) is 0 Å². The first-order chi connectivity index (χ1) is 5.46. The molecule has 0 spiro atoms. The molecular weight excluding hydrogens is 183 g/mol. The van der Waals surface area contributed by atoms with Gasteiger partial charge in [-0.1, -0.05) is 34.6 Å². The van der Waals surface area contributed by atoms with Crippen molar-refractivity contribution >= 4 is 34.7 Å². The molecule has 0 saturated heterocycles. The van der Waals surface area contributed by atoms with E-state index in [2.05, 4.69) is 40.8 Å². The van der Waals surface area contributed by atoms with Gasteiger partial charge in [0, 0.05) is 34.7 Å². The van der Waals surface area contributed by atoms with Crippen molar-refractivity contribution in [1.82, 2.24) is 0 Å². The second-order valence-corrected chi connectivity index (χ2v) is 12.2. The summed E-state index contributed by atoms with van der Waals surface area (Å²) in [6, 6.07) is 0. The van der Waals surface area contributed by atoms with E-state index in [4.69, 9.17) is 0 Å². The van der Waals surface area contributed by atoms with Crippen LogP contribution in [0.5, 0.6) is 0 Å². The second kappa shape index (κ2) is 4.84. The van der Waals surface area contributed by atoms with Crippen molar-refractivity contribution in [1.29, 1.82) is 0 Å². The van der Waals surface area contributed by atoms with Gasteiger partial charge in [0.2, 0.25) is 0 Å². The normalized spacial score (nSPS) is 9.69. The standard InChI is InChI=1S/C10H18Si2.Li/c1-7-8(2)10(4)12(6)11(5)9(7)3;/h1-6H3;. The van der Waals surface area contributed by atoms with E-state index in [1.54, 1.807) is 21.5 Å². The Morgan fingerprint density at radius 1 is 0.692 bits per heavy atom. The Morgan fingerprint density at radius 2 is 0.923 bits per heavy atom. The molecule has 0 nitrogen and oxygen atoms in total. The van der Waals surface area contributed by atoms with Crippen LogP contribution in [0.15, 0.2) is 0 Å². The van der Waals surface area contributed by atoms with Gasteiger partial charge < -0.3 is 0 Å². The van der Waals surface area contributed by atoms with Gasteiger partial charge in [-0.15, -0.1) is 0 Å². The van der Waals surface area contributed by atoms with Crippen molar-refractivity contribution in [2.24, 2.45) is 13.1 Å². The van der Waals surface area contributed by atoms with Crippen LogP contribution in [0.1, 0.15) is 21.5 Å². The molecule has 0 bridgehead atoms. The van der Waals surface area contributed by atoms with Gasteiger partial charge in [-0.2, -0.15) is 0 Å².